The van der Waals surface area contributed by atoms with Gasteiger partial charge in [-0.15, -0.1) is 0 Å². The first-order valence-corrected chi connectivity index (χ1v) is 7.72. The molecule has 0 N–H and O–H groups in total. The lowest BCUT2D eigenvalue weighted by Crippen LogP contribution is -2.41. The Bertz CT molecular complexity index is 527. The number of aromatic nitrogens is 1. The summed E-state index contributed by atoms with van der Waals surface area (Å²) in [6, 6.07) is 3.24. The topological polar surface area (TPSA) is 62.7 Å². The Morgan fingerprint density at radius 1 is 1.36 bits per heavy atom. The van der Waals surface area contributed by atoms with Gasteiger partial charge < -0.3 is 14.5 Å². The summed E-state index contributed by atoms with van der Waals surface area (Å²) in [4.78, 5) is 32.3. The third kappa shape index (κ3) is 4.04. The Labute approximate surface area is 131 Å². The monoisotopic (exact) mass is 305 g/mol. The van der Waals surface area contributed by atoms with E-state index in [-0.39, 0.29) is 11.8 Å². The van der Waals surface area contributed by atoms with Gasteiger partial charge in [-0.1, -0.05) is 13.3 Å². The van der Waals surface area contributed by atoms with Gasteiger partial charge in [-0.2, -0.15) is 0 Å². The molecule has 0 saturated carbocycles. The molecule has 2 heterocycles. The Morgan fingerprint density at radius 2 is 2.09 bits per heavy atom. The normalized spacial score (nSPS) is 14.7. The number of unbranched alkanes of at least 4 members (excludes halogenated alkanes) is 1. The molecule has 1 aromatic heterocycles. The summed E-state index contributed by atoms with van der Waals surface area (Å²) in [5.74, 6) is -0.221. The van der Waals surface area contributed by atoms with Crippen LogP contribution in [0.1, 0.15) is 40.6 Å². The molecule has 6 heteroatoms. The number of carbonyl (C=O) groups is 2. The summed E-state index contributed by atoms with van der Waals surface area (Å²) in [6.07, 6.45) is 3.52. The Kier molecular flexibility index (Phi) is 5.89. The summed E-state index contributed by atoms with van der Waals surface area (Å²) < 4.78 is 5.24. The molecule has 1 fully saturated rings. The van der Waals surface area contributed by atoms with Gasteiger partial charge in [0, 0.05) is 38.4 Å². The number of hydrogen-bond donors (Lipinski definition) is 0. The molecule has 2 amide bonds. The molecular weight excluding hydrogens is 282 g/mol. The van der Waals surface area contributed by atoms with Crippen molar-refractivity contribution in [2.45, 2.75) is 19.8 Å². The van der Waals surface area contributed by atoms with Gasteiger partial charge in [0.05, 0.1) is 13.2 Å². The van der Waals surface area contributed by atoms with Crippen LogP contribution in [0.3, 0.4) is 0 Å². The van der Waals surface area contributed by atoms with Crippen molar-refractivity contribution in [2.75, 3.05) is 39.9 Å². The third-order valence-corrected chi connectivity index (χ3v) is 3.72. The number of morpholine rings is 1. The molecule has 1 aliphatic heterocycles. The van der Waals surface area contributed by atoms with E-state index >= 15 is 0 Å². The number of nitrogens with zero attached hydrogens (tertiary/aromatic N) is 3. The molecule has 0 radical (unpaired) electrons. The first-order chi connectivity index (χ1) is 10.6. The van der Waals surface area contributed by atoms with Gasteiger partial charge in [0.15, 0.2) is 0 Å². The second-order valence-electron chi connectivity index (χ2n) is 5.41. The number of rotatable bonds is 5. The zero-order valence-electron chi connectivity index (χ0n) is 13.2. The first-order valence-electron chi connectivity index (χ1n) is 7.72. The maximum absolute atomic E-state index is 12.4. The maximum Gasteiger partial charge on any atom is 0.272 e. The molecule has 0 unspecified atom stereocenters. The molecule has 22 heavy (non-hydrogen) atoms. The summed E-state index contributed by atoms with van der Waals surface area (Å²) in [5, 5.41) is 0. The Hall–Kier alpha value is -1.95. The van der Waals surface area contributed by atoms with Crippen molar-refractivity contribution in [3.63, 3.8) is 0 Å². The standard InChI is InChI=1S/C16H23N3O3/c1-3-4-7-18(2)15(20)13-5-6-17-14(12-13)16(21)19-8-10-22-11-9-19/h5-6,12H,3-4,7-11H2,1-2H3. The largest absolute Gasteiger partial charge is 0.378 e. The second kappa shape index (κ2) is 7.89. The van der Waals surface area contributed by atoms with Crippen LogP contribution >= 0.6 is 0 Å². The van der Waals surface area contributed by atoms with Gasteiger partial charge in [0.25, 0.3) is 11.8 Å². The molecule has 1 aromatic rings. The van der Waals surface area contributed by atoms with Gasteiger partial charge in [-0.05, 0) is 18.6 Å². The predicted octanol–water partition coefficient (Wildman–Crippen LogP) is 1.43. The molecular formula is C16H23N3O3. The number of carbonyl (C=O) groups excluding carboxylic acids is 2. The number of pyridine rings is 1. The second-order valence-corrected chi connectivity index (χ2v) is 5.41. The number of hydrogen-bond acceptors (Lipinski definition) is 4. The highest BCUT2D eigenvalue weighted by Gasteiger charge is 2.21. The molecule has 120 valence electrons. The van der Waals surface area contributed by atoms with E-state index < -0.39 is 0 Å². The molecule has 2 rings (SSSR count). The van der Waals surface area contributed by atoms with Crippen molar-refractivity contribution in [2.24, 2.45) is 0 Å². The molecule has 0 atom stereocenters. The molecule has 0 aliphatic carbocycles. The number of amides is 2. The van der Waals surface area contributed by atoms with E-state index in [4.69, 9.17) is 4.74 Å². The van der Waals surface area contributed by atoms with Crippen molar-refractivity contribution in [1.29, 1.82) is 0 Å². The van der Waals surface area contributed by atoms with E-state index in [2.05, 4.69) is 11.9 Å². The molecule has 1 aliphatic rings. The van der Waals surface area contributed by atoms with Crippen LogP contribution in [0, 0.1) is 0 Å². The van der Waals surface area contributed by atoms with Gasteiger partial charge >= 0.3 is 0 Å². The van der Waals surface area contributed by atoms with Crippen molar-refractivity contribution >= 4 is 11.8 Å². The molecule has 0 aromatic carbocycles. The average Bonchev–Trinajstić information content (AvgIpc) is 2.59. The third-order valence-electron chi connectivity index (χ3n) is 3.72. The molecule has 0 bridgehead atoms. The van der Waals surface area contributed by atoms with Crippen molar-refractivity contribution in [3.8, 4) is 0 Å². The molecule has 6 nitrogen and oxygen atoms in total. The minimum Gasteiger partial charge on any atom is -0.378 e. The van der Waals surface area contributed by atoms with Crippen molar-refractivity contribution < 1.29 is 14.3 Å². The van der Waals surface area contributed by atoms with Gasteiger partial charge in [-0.3, -0.25) is 14.6 Å². The Morgan fingerprint density at radius 3 is 2.77 bits per heavy atom. The first kappa shape index (κ1) is 16.4. The SMILES string of the molecule is CCCCN(C)C(=O)c1ccnc(C(=O)N2CCOCC2)c1. The summed E-state index contributed by atoms with van der Waals surface area (Å²) >= 11 is 0. The van der Waals surface area contributed by atoms with Crippen LogP contribution in [-0.4, -0.2) is 66.5 Å². The fraction of sp³-hybridized carbons (Fsp3) is 0.562. The van der Waals surface area contributed by atoms with E-state index in [1.54, 1.807) is 29.0 Å². The molecule has 1 saturated heterocycles. The van der Waals surface area contributed by atoms with Gasteiger partial charge in [0.1, 0.15) is 5.69 Å². The van der Waals surface area contributed by atoms with E-state index in [1.807, 2.05) is 0 Å². The van der Waals surface area contributed by atoms with Crippen molar-refractivity contribution in [1.82, 2.24) is 14.8 Å². The lowest BCUT2D eigenvalue weighted by atomic mass is 10.2. The van der Waals surface area contributed by atoms with Gasteiger partial charge in [-0.25, -0.2) is 0 Å². The predicted molar refractivity (Wildman–Crippen MR) is 82.8 cm³/mol. The summed E-state index contributed by atoms with van der Waals surface area (Å²) in [6.45, 7) is 5.02. The van der Waals surface area contributed by atoms with Gasteiger partial charge in [0.2, 0.25) is 0 Å². The van der Waals surface area contributed by atoms with Crippen molar-refractivity contribution in [3.05, 3.63) is 29.6 Å². The minimum atomic E-state index is -0.144. The van der Waals surface area contributed by atoms with E-state index in [9.17, 15) is 9.59 Å². The highest BCUT2D eigenvalue weighted by Crippen LogP contribution is 2.10. The smallest absolute Gasteiger partial charge is 0.272 e. The van der Waals surface area contributed by atoms with Crippen LogP contribution in [0.15, 0.2) is 18.3 Å². The highest BCUT2D eigenvalue weighted by molar-refractivity contribution is 5.98. The molecule has 0 spiro atoms. The number of ether oxygens (including phenoxy) is 1. The lowest BCUT2D eigenvalue weighted by molar-refractivity contribution is 0.0299. The maximum atomic E-state index is 12.4. The van der Waals surface area contributed by atoms with Crippen LogP contribution in [-0.2, 0) is 4.74 Å². The lowest BCUT2D eigenvalue weighted by Gasteiger charge is -2.26. The fourth-order valence-corrected chi connectivity index (χ4v) is 2.33. The summed E-state index contributed by atoms with van der Waals surface area (Å²) in [5.41, 5.74) is 0.821. The van der Waals surface area contributed by atoms with E-state index in [0.29, 0.717) is 44.1 Å². The Balaban J connectivity index is 2.08. The quantitative estimate of drug-likeness (QED) is 0.825. The van der Waals surface area contributed by atoms with Crippen LogP contribution in [0.5, 0.6) is 0 Å². The highest BCUT2D eigenvalue weighted by atomic mass is 16.5. The van der Waals surface area contributed by atoms with Crippen LogP contribution in [0.2, 0.25) is 0 Å². The van der Waals surface area contributed by atoms with E-state index in [0.717, 1.165) is 12.8 Å². The minimum absolute atomic E-state index is 0.0770. The zero-order valence-corrected chi connectivity index (χ0v) is 13.2. The zero-order chi connectivity index (χ0) is 15.9. The average molecular weight is 305 g/mol. The van der Waals surface area contributed by atoms with Crippen LogP contribution in [0.4, 0.5) is 0 Å². The van der Waals surface area contributed by atoms with Crippen LogP contribution in [0.25, 0.3) is 0 Å². The van der Waals surface area contributed by atoms with Crippen LogP contribution < -0.4 is 0 Å². The fourth-order valence-electron chi connectivity index (χ4n) is 2.33. The van der Waals surface area contributed by atoms with E-state index in [1.165, 1.54) is 6.20 Å². The summed E-state index contributed by atoms with van der Waals surface area (Å²) in [7, 11) is 1.78.